The summed E-state index contributed by atoms with van der Waals surface area (Å²) < 4.78 is 5.95. The standard InChI is InChI=1S/C30H61NO2/c1-4-7-10-12-15-19-24-29(25-20-16-13-11-8-5-2)33-30(32)26-21-17-14-18-23-28-31-27-22-9-6-3/h29,31H,4-28H2,1-3H3. The Morgan fingerprint density at radius 3 is 1.48 bits per heavy atom. The lowest BCUT2D eigenvalue weighted by Crippen LogP contribution is -2.18. The predicted octanol–water partition coefficient (Wildman–Crippen LogP) is 9.52. The molecule has 0 saturated carbocycles. The molecule has 3 heteroatoms. The molecule has 0 saturated heterocycles. The lowest BCUT2D eigenvalue weighted by atomic mass is 10.0. The van der Waals surface area contributed by atoms with E-state index in [1.807, 2.05) is 0 Å². The highest BCUT2D eigenvalue weighted by atomic mass is 16.5. The zero-order chi connectivity index (χ0) is 24.2. The Kier molecular flexibility index (Phi) is 27.2. The minimum absolute atomic E-state index is 0.0505. The molecule has 0 aromatic rings. The van der Waals surface area contributed by atoms with E-state index in [2.05, 4.69) is 26.1 Å². The van der Waals surface area contributed by atoms with E-state index in [0.29, 0.717) is 6.42 Å². The van der Waals surface area contributed by atoms with Crippen molar-refractivity contribution in [3.8, 4) is 0 Å². The van der Waals surface area contributed by atoms with Gasteiger partial charge in [0.05, 0.1) is 0 Å². The molecule has 1 N–H and O–H groups in total. The average molecular weight is 468 g/mol. The zero-order valence-corrected chi connectivity index (χ0v) is 23.1. The van der Waals surface area contributed by atoms with E-state index in [9.17, 15) is 4.79 Å². The number of carbonyl (C=O) groups excluding carboxylic acids is 1. The van der Waals surface area contributed by atoms with Gasteiger partial charge in [0, 0.05) is 6.42 Å². The fraction of sp³-hybridized carbons (Fsp3) is 0.967. The molecule has 0 aromatic carbocycles. The third-order valence-electron chi connectivity index (χ3n) is 6.75. The van der Waals surface area contributed by atoms with Gasteiger partial charge in [-0.3, -0.25) is 4.79 Å². The Morgan fingerprint density at radius 2 is 0.939 bits per heavy atom. The summed E-state index contributed by atoms with van der Waals surface area (Å²) in [6.45, 7) is 9.09. The lowest BCUT2D eigenvalue weighted by Gasteiger charge is -2.18. The van der Waals surface area contributed by atoms with E-state index >= 15 is 0 Å². The third-order valence-corrected chi connectivity index (χ3v) is 6.75. The average Bonchev–Trinajstić information content (AvgIpc) is 2.81. The molecule has 0 unspecified atom stereocenters. The molecule has 0 aliphatic carbocycles. The number of rotatable bonds is 27. The van der Waals surface area contributed by atoms with E-state index in [1.54, 1.807) is 0 Å². The molecule has 0 bridgehead atoms. The number of ether oxygens (including phenoxy) is 1. The number of hydrogen-bond donors (Lipinski definition) is 1. The minimum Gasteiger partial charge on any atom is -0.462 e. The maximum atomic E-state index is 12.4. The third kappa shape index (κ3) is 25.9. The smallest absolute Gasteiger partial charge is 0.306 e. The van der Waals surface area contributed by atoms with Crippen molar-refractivity contribution in [2.24, 2.45) is 0 Å². The number of hydrogen-bond acceptors (Lipinski definition) is 3. The van der Waals surface area contributed by atoms with E-state index in [4.69, 9.17) is 4.74 Å². The second-order valence-corrected chi connectivity index (χ2v) is 10.2. The van der Waals surface area contributed by atoms with E-state index < -0.39 is 0 Å². The SMILES string of the molecule is CCCCCCCCC(CCCCCCCC)OC(=O)CCCCCCCNCCCCC. The van der Waals surface area contributed by atoms with Gasteiger partial charge in [-0.05, 0) is 58.0 Å². The molecule has 198 valence electrons. The summed E-state index contributed by atoms with van der Waals surface area (Å²) in [5.41, 5.74) is 0. The molecule has 0 heterocycles. The molecule has 0 aliphatic rings. The van der Waals surface area contributed by atoms with Crippen LogP contribution < -0.4 is 5.32 Å². The van der Waals surface area contributed by atoms with Crippen LogP contribution in [0.2, 0.25) is 0 Å². The topological polar surface area (TPSA) is 38.3 Å². The largest absolute Gasteiger partial charge is 0.462 e. The molecule has 0 rings (SSSR count). The normalized spacial score (nSPS) is 11.4. The van der Waals surface area contributed by atoms with Crippen molar-refractivity contribution in [1.82, 2.24) is 5.32 Å². The number of esters is 1. The molecule has 0 aliphatic heterocycles. The molecular formula is C30H61NO2. The summed E-state index contributed by atoms with van der Waals surface area (Å²) in [5, 5.41) is 3.54. The molecular weight excluding hydrogens is 406 g/mol. The molecule has 0 aromatic heterocycles. The zero-order valence-electron chi connectivity index (χ0n) is 23.1. The van der Waals surface area contributed by atoms with Gasteiger partial charge in [-0.15, -0.1) is 0 Å². The quantitative estimate of drug-likeness (QED) is 0.0965. The number of unbranched alkanes of at least 4 members (excludes halogenated alkanes) is 16. The Hall–Kier alpha value is -0.570. The van der Waals surface area contributed by atoms with Gasteiger partial charge in [0.1, 0.15) is 6.10 Å². The molecule has 33 heavy (non-hydrogen) atoms. The van der Waals surface area contributed by atoms with Gasteiger partial charge >= 0.3 is 5.97 Å². The Bertz CT molecular complexity index is 369. The fourth-order valence-corrected chi connectivity index (χ4v) is 4.49. The van der Waals surface area contributed by atoms with Crippen LogP contribution >= 0.6 is 0 Å². The summed E-state index contributed by atoms with van der Waals surface area (Å²) in [4.78, 5) is 12.4. The van der Waals surface area contributed by atoms with Crippen LogP contribution in [0.5, 0.6) is 0 Å². The van der Waals surface area contributed by atoms with Gasteiger partial charge in [-0.2, -0.15) is 0 Å². The molecule has 0 spiro atoms. The van der Waals surface area contributed by atoms with Crippen molar-refractivity contribution >= 4 is 5.97 Å². The maximum Gasteiger partial charge on any atom is 0.306 e. The van der Waals surface area contributed by atoms with Crippen molar-refractivity contribution in [3.05, 3.63) is 0 Å². The van der Waals surface area contributed by atoms with Crippen molar-refractivity contribution < 1.29 is 9.53 Å². The predicted molar refractivity (Wildman–Crippen MR) is 146 cm³/mol. The van der Waals surface area contributed by atoms with Gasteiger partial charge in [0.15, 0.2) is 0 Å². The molecule has 0 atom stereocenters. The van der Waals surface area contributed by atoms with Crippen molar-refractivity contribution in [2.75, 3.05) is 13.1 Å². The summed E-state index contributed by atoms with van der Waals surface area (Å²) >= 11 is 0. The summed E-state index contributed by atoms with van der Waals surface area (Å²) in [5.74, 6) is 0.0505. The van der Waals surface area contributed by atoms with Crippen molar-refractivity contribution in [1.29, 1.82) is 0 Å². The summed E-state index contributed by atoms with van der Waals surface area (Å²) in [7, 11) is 0. The van der Waals surface area contributed by atoms with Crippen LogP contribution in [0.4, 0.5) is 0 Å². The van der Waals surface area contributed by atoms with Gasteiger partial charge < -0.3 is 10.1 Å². The Labute approximate surface area is 208 Å². The van der Waals surface area contributed by atoms with Crippen molar-refractivity contribution in [2.45, 2.75) is 175 Å². The first kappa shape index (κ1) is 32.4. The Balaban J connectivity index is 3.89. The summed E-state index contributed by atoms with van der Waals surface area (Å²) in [6.07, 6.45) is 28.4. The molecule has 3 nitrogen and oxygen atoms in total. The first-order chi connectivity index (χ1) is 16.2. The van der Waals surface area contributed by atoms with E-state index in [-0.39, 0.29) is 12.1 Å². The van der Waals surface area contributed by atoms with Crippen LogP contribution in [-0.2, 0) is 9.53 Å². The van der Waals surface area contributed by atoms with E-state index in [1.165, 1.54) is 122 Å². The fourth-order valence-electron chi connectivity index (χ4n) is 4.49. The van der Waals surface area contributed by atoms with Gasteiger partial charge in [-0.1, -0.05) is 117 Å². The second-order valence-electron chi connectivity index (χ2n) is 10.2. The van der Waals surface area contributed by atoms with Gasteiger partial charge in [-0.25, -0.2) is 0 Å². The molecule has 0 fully saturated rings. The van der Waals surface area contributed by atoms with Crippen LogP contribution in [0.25, 0.3) is 0 Å². The highest BCUT2D eigenvalue weighted by Crippen LogP contribution is 2.18. The molecule has 0 radical (unpaired) electrons. The van der Waals surface area contributed by atoms with Crippen LogP contribution in [0, 0.1) is 0 Å². The first-order valence-corrected chi connectivity index (χ1v) is 15.1. The van der Waals surface area contributed by atoms with Crippen LogP contribution in [0.3, 0.4) is 0 Å². The number of nitrogens with one attached hydrogen (secondary N) is 1. The minimum atomic E-state index is 0.0505. The van der Waals surface area contributed by atoms with Crippen LogP contribution in [-0.4, -0.2) is 25.2 Å². The monoisotopic (exact) mass is 467 g/mol. The lowest BCUT2D eigenvalue weighted by molar-refractivity contribution is -0.150. The van der Waals surface area contributed by atoms with Crippen molar-refractivity contribution in [3.63, 3.8) is 0 Å². The summed E-state index contributed by atoms with van der Waals surface area (Å²) in [6, 6.07) is 0. The first-order valence-electron chi connectivity index (χ1n) is 15.1. The highest BCUT2D eigenvalue weighted by Gasteiger charge is 2.14. The molecule has 0 amide bonds. The highest BCUT2D eigenvalue weighted by molar-refractivity contribution is 5.69. The van der Waals surface area contributed by atoms with Crippen LogP contribution in [0.1, 0.15) is 168 Å². The van der Waals surface area contributed by atoms with E-state index in [0.717, 1.165) is 32.2 Å². The maximum absolute atomic E-state index is 12.4. The Morgan fingerprint density at radius 1 is 0.545 bits per heavy atom. The second kappa shape index (κ2) is 27.7. The van der Waals surface area contributed by atoms with Crippen LogP contribution in [0.15, 0.2) is 0 Å². The van der Waals surface area contributed by atoms with Gasteiger partial charge in [0.2, 0.25) is 0 Å². The van der Waals surface area contributed by atoms with Gasteiger partial charge in [0.25, 0.3) is 0 Å². The number of carbonyl (C=O) groups is 1.